The van der Waals surface area contributed by atoms with Crippen LogP contribution in [0.5, 0.6) is 0 Å². The fourth-order valence-corrected chi connectivity index (χ4v) is 2.64. The minimum atomic E-state index is -0.134. The van der Waals surface area contributed by atoms with Crippen LogP contribution in [-0.4, -0.2) is 17.9 Å². The Morgan fingerprint density at radius 1 is 1.05 bits per heavy atom. The number of benzene rings is 2. The first-order valence-corrected chi connectivity index (χ1v) is 7.34. The van der Waals surface area contributed by atoms with Crippen LogP contribution < -0.4 is 0 Å². The van der Waals surface area contributed by atoms with Gasteiger partial charge >= 0.3 is 0 Å². The van der Waals surface area contributed by atoms with Crippen LogP contribution >= 0.6 is 11.8 Å². The van der Waals surface area contributed by atoms with Crippen molar-refractivity contribution in [2.45, 2.75) is 11.3 Å². The number of aliphatic imine (C=N–C) groups is 1. The summed E-state index contributed by atoms with van der Waals surface area (Å²) in [4.78, 5) is 17.4. The van der Waals surface area contributed by atoms with Gasteiger partial charge in [0.25, 0.3) is 5.91 Å². The zero-order valence-corrected chi connectivity index (χ0v) is 11.4. The highest BCUT2D eigenvalue weighted by Gasteiger charge is 2.19. The van der Waals surface area contributed by atoms with E-state index in [1.165, 1.54) is 4.90 Å². The lowest BCUT2D eigenvalue weighted by Crippen LogP contribution is -2.17. The van der Waals surface area contributed by atoms with Crippen LogP contribution in [0.3, 0.4) is 0 Å². The molecule has 0 spiro atoms. The Balaban J connectivity index is 1.97. The molecule has 0 aromatic heterocycles. The molecule has 1 aliphatic heterocycles. The third-order valence-corrected chi connectivity index (χ3v) is 4.01. The third kappa shape index (κ3) is 2.34. The summed E-state index contributed by atoms with van der Waals surface area (Å²) in [6, 6.07) is 15.9. The molecule has 19 heavy (non-hydrogen) atoms. The molecule has 2 nitrogen and oxygen atoms in total. The molecule has 0 aliphatic carbocycles. The molecule has 0 saturated carbocycles. The molecule has 0 N–H and O–H groups in total. The van der Waals surface area contributed by atoms with Crippen LogP contribution in [0.25, 0.3) is 0 Å². The highest BCUT2D eigenvalue weighted by molar-refractivity contribution is 7.98. The van der Waals surface area contributed by atoms with E-state index in [2.05, 4.69) is 17.1 Å². The van der Waals surface area contributed by atoms with Crippen LogP contribution in [0.2, 0.25) is 0 Å². The molecule has 3 heteroatoms. The summed E-state index contributed by atoms with van der Waals surface area (Å²) in [7, 11) is 0. The van der Waals surface area contributed by atoms with Gasteiger partial charge in [0.15, 0.2) is 0 Å². The third-order valence-electron chi connectivity index (χ3n) is 3.27. The van der Waals surface area contributed by atoms with Crippen molar-refractivity contribution in [1.29, 1.82) is 0 Å². The Labute approximate surface area is 116 Å². The molecule has 1 amide bonds. The van der Waals surface area contributed by atoms with Gasteiger partial charge in [-0.25, -0.2) is 4.99 Å². The number of hydrogen-bond acceptors (Lipinski definition) is 2. The summed E-state index contributed by atoms with van der Waals surface area (Å²) in [5.74, 6) is -0.134. The molecule has 0 bridgehead atoms. The number of thioether (sulfide) groups is 1. The second-order valence-electron chi connectivity index (χ2n) is 4.43. The van der Waals surface area contributed by atoms with Crippen molar-refractivity contribution < 1.29 is 4.79 Å². The van der Waals surface area contributed by atoms with Crippen LogP contribution in [0.15, 0.2) is 58.4 Å². The lowest BCUT2D eigenvalue weighted by molar-refractivity contribution is 0.1000. The number of amides is 1. The van der Waals surface area contributed by atoms with E-state index in [9.17, 15) is 4.79 Å². The van der Waals surface area contributed by atoms with E-state index in [1.807, 2.05) is 42.7 Å². The smallest absolute Gasteiger partial charge is 0.267 e. The Morgan fingerprint density at radius 3 is 2.53 bits per heavy atom. The average Bonchev–Trinajstić information content (AvgIpc) is 2.47. The first-order chi connectivity index (χ1) is 9.28. The van der Waals surface area contributed by atoms with Crippen LogP contribution in [0.4, 0.5) is 0 Å². The molecule has 0 saturated heterocycles. The highest BCUT2D eigenvalue weighted by Crippen LogP contribution is 2.21. The van der Waals surface area contributed by atoms with Crippen molar-refractivity contribution in [3.8, 4) is 0 Å². The van der Waals surface area contributed by atoms with Crippen LogP contribution in [-0.2, 0) is 6.42 Å². The molecule has 2 aromatic rings. The minimum Gasteiger partial charge on any atom is -0.267 e. The monoisotopic (exact) mass is 267 g/mol. The second kappa shape index (κ2) is 5.02. The van der Waals surface area contributed by atoms with Crippen molar-refractivity contribution in [2.75, 3.05) is 6.26 Å². The molecule has 0 unspecified atom stereocenters. The Bertz CT molecular complexity index is 659. The van der Waals surface area contributed by atoms with Gasteiger partial charge in [-0.05, 0) is 35.6 Å². The van der Waals surface area contributed by atoms with E-state index in [4.69, 9.17) is 0 Å². The standard InChI is InChI=1S/C16H13NOS/c1-19-13-8-6-11(7-9-13)15-10-12-4-2-3-5-14(12)16(18)17-15/h2-9H,10H2,1H3. The lowest BCUT2D eigenvalue weighted by atomic mass is 9.95. The van der Waals surface area contributed by atoms with Gasteiger partial charge in [0, 0.05) is 16.9 Å². The number of hydrogen-bond donors (Lipinski definition) is 0. The van der Waals surface area contributed by atoms with Crippen LogP contribution in [0, 0.1) is 0 Å². The molecule has 94 valence electrons. The topological polar surface area (TPSA) is 29.4 Å². The average molecular weight is 267 g/mol. The SMILES string of the molecule is CSc1ccc(C2=NC(=O)c3ccccc3C2)cc1. The van der Waals surface area contributed by atoms with Gasteiger partial charge in [0.2, 0.25) is 0 Å². The van der Waals surface area contributed by atoms with Gasteiger partial charge in [-0.3, -0.25) is 4.79 Å². The van der Waals surface area contributed by atoms with E-state index in [-0.39, 0.29) is 5.91 Å². The maximum atomic E-state index is 12.0. The normalized spacial score (nSPS) is 13.9. The first kappa shape index (κ1) is 12.2. The first-order valence-electron chi connectivity index (χ1n) is 6.12. The van der Waals surface area contributed by atoms with E-state index >= 15 is 0 Å². The zero-order valence-electron chi connectivity index (χ0n) is 10.6. The number of rotatable bonds is 2. The Hall–Kier alpha value is -1.87. The number of carbonyl (C=O) groups is 1. The van der Waals surface area contributed by atoms with Gasteiger partial charge in [-0.2, -0.15) is 0 Å². The van der Waals surface area contributed by atoms with Gasteiger partial charge < -0.3 is 0 Å². The lowest BCUT2D eigenvalue weighted by Gasteiger charge is -2.15. The number of nitrogens with zero attached hydrogens (tertiary/aromatic N) is 1. The predicted octanol–water partition coefficient (Wildman–Crippen LogP) is 3.59. The number of carbonyl (C=O) groups excluding carboxylic acids is 1. The fourth-order valence-electron chi connectivity index (χ4n) is 2.24. The Morgan fingerprint density at radius 2 is 1.79 bits per heavy atom. The summed E-state index contributed by atoms with van der Waals surface area (Å²) >= 11 is 1.71. The molecule has 2 aromatic carbocycles. The molecule has 0 fully saturated rings. The predicted molar refractivity (Wildman–Crippen MR) is 79.2 cm³/mol. The molecule has 3 rings (SSSR count). The largest absolute Gasteiger partial charge is 0.277 e. The summed E-state index contributed by atoms with van der Waals surface area (Å²) in [5, 5.41) is 0. The highest BCUT2D eigenvalue weighted by atomic mass is 32.2. The fraction of sp³-hybridized carbons (Fsp3) is 0.125. The molecule has 1 aliphatic rings. The Kier molecular flexibility index (Phi) is 3.22. The molecular weight excluding hydrogens is 254 g/mol. The summed E-state index contributed by atoms with van der Waals surface area (Å²) in [6.45, 7) is 0. The van der Waals surface area contributed by atoms with E-state index < -0.39 is 0 Å². The molecular formula is C16H13NOS. The molecule has 1 heterocycles. The summed E-state index contributed by atoms with van der Waals surface area (Å²) in [5.41, 5.74) is 3.68. The summed E-state index contributed by atoms with van der Waals surface area (Å²) < 4.78 is 0. The van der Waals surface area contributed by atoms with E-state index in [0.29, 0.717) is 0 Å². The number of fused-ring (bicyclic) bond motifs is 1. The van der Waals surface area contributed by atoms with Gasteiger partial charge in [-0.1, -0.05) is 30.3 Å². The van der Waals surface area contributed by atoms with Crippen molar-refractivity contribution in [2.24, 2.45) is 4.99 Å². The van der Waals surface area contributed by atoms with Gasteiger partial charge in [-0.15, -0.1) is 11.8 Å². The summed E-state index contributed by atoms with van der Waals surface area (Å²) in [6.07, 6.45) is 2.77. The van der Waals surface area contributed by atoms with Crippen molar-refractivity contribution in [1.82, 2.24) is 0 Å². The minimum absolute atomic E-state index is 0.134. The maximum absolute atomic E-state index is 12.0. The van der Waals surface area contributed by atoms with Gasteiger partial charge in [0.05, 0.1) is 5.71 Å². The van der Waals surface area contributed by atoms with Crippen molar-refractivity contribution in [3.05, 3.63) is 65.2 Å². The zero-order chi connectivity index (χ0) is 13.2. The van der Waals surface area contributed by atoms with E-state index in [1.54, 1.807) is 11.8 Å². The molecule has 0 atom stereocenters. The second-order valence-corrected chi connectivity index (χ2v) is 5.31. The quantitative estimate of drug-likeness (QED) is 0.778. The van der Waals surface area contributed by atoms with E-state index in [0.717, 1.165) is 28.8 Å². The maximum Gasteiger partial charge on any atom is 0.277 e. The van der Waals surface area contributed by atoms with Crippen LogP contribution in [0.1, 0.15) is 21.5 Å². The molecule has 0 radical (unpaired) electrons. The van der Waals surface area contributed by atoms with Gasteiger partial charge in [0.1, 0.15) is 0 Å². The van der Waals surface area contributed by atoms with Crippen molar-refractivity contribution in [3.63, 3.8) is 0 Å². The van der Waals surface area contributed by atoms with Crippen molar-refractivity contribution >= 4 is 23.4 Å².